The summed E-state index contributed by atoms with van der Waals surface area (Å²) in [5, 5.41) is 9.71. The number of rotatable bonds is 4. The van der Waals surface area contributed by atoms with Crippen molar-refractivity contribution in [2.75, 3.05) is 0 Å². The van der Waals surface area contributed by atoms with Gasteiger partial charge in [0.1, 0.15) is 4.90 Å². The number of aliphatic hydroxyl groups excluding tert-OH is 1. The Hall–Kier alpha value is -0.620. The third kappa shape index (κ3) is 3.45. The molecule has 0 aliphatic rings. The van der Waals surface area contributed by atoms with Crippen LogP contribution >= 0.6 is 11.6 Å². The molecule has 0 aliphatic carbocycles. The van der Waals surface area contributed by atoms with Gasteiger partial charge in [0, 0.05) is 0 Å². The maximum Gasteiger partial charge on any atom is 0.242 e. The van der Waals surface area contributed by atoms with Gasteiger partial charge in [-0.25, -0.2) is 13.1 Å². The van der Waals surface area contributed by atoms with Crippen LogP contribution in [0.3, 0.4) is 0 Å². The van der Waals surface area contributed by atoms with Crippen molar-refractivity contribution in [2.45, 2.75) is 44.2 Å². The molecular formula is C12H18ClNO3S. The summed E-state index contributed by atoms with van der Waals surface area (Å²) in [4.78, 5) is 0.0171. The van der Waals surface area contributed by atoms with Crippen LogP contribution in [0.25, 0.3) is 0 Å². The highest BCUT2D eigenvalue weighted by molar-refractivity contribution is 7.89. The highest BCUT2D eigenvalue weighted by Crippen LogP contribution is 2.24. The molecule has 0 bridgehead atoms. The first-order chi connectivity index (χ1) is 8.06. The van der Waals surface area contributed by atoms with E-state index in [0.29, 0.717) is 0 Å². The summed E-state index contributed by atoms with van der Waals surface area (Å²) in [5.41, 5.74) is -0.0821. The molecule has 6 heteroatoms. The van der Waals surface area contributed by atoms with E-state index in [0.717, 1.165) is 5.56 Å². The van der Waals surface area contributed by atoms with Crippen LogP contribution in [-0.2, 0) is 10.0 Å². The number of sulfonamides is 1. The van der Waals surface area contributed by atoms with Gasteiger partial charge in [-0.05, 0) is 45.4 Å². The summed E-state index contributed by atoms with van der Waals surface area (Å²) in [6.07, 6.45) is -0.823. The molecule has 1 rings (SSSR count). The van der Waals surface area contributed by atoms with Gasteiger partial charge in [-0.2, -0.15) is 0 Å². The topological polar surface area (TPSA) is 66.4 Å². The lowest BCUT2D eigenvalue weighted by Gasteiger charge is -2.29. The summed E-state index contributed by atoms with van der Waals surface area (Å²) in [7, 11) is -3.75. The molecular weight excluding hydrogens is 274 g/mol. The Balaban J connectivity index is 3.15. The van der Waals surface area contributed by atoms with Crippen LogP contribution in [0.4, 0.5) is 0 Å². The highest BCUT2D eigenvalue weighted by Gasteiger charge is 2.31. The molecule has 102 valence electrons. The standard InChI is InChI=1S/C12H18ClNO3S/c1-8-5-6-11(10(13)7-8)18(16,17)14-12(3,4)9(2)15/h5-7,9,14-15H,1-4H3. The predicted molar refractivity (Wildman–Crippen MR) is 72.3 cm³/mol. The van der Waals surface area contributed by atoms with E-state index in [2.05, 4.69) is 4.72 Å². The summed E-state index contributed by atoms with van der Waals surface area (Å²) in [6.45, 7) is 6.57. The Kier molecular flexibility index (Phi) is 4.43. The third-order valence-electron chi connectivity index (χ3n) is 2.82. The average Bonchev–Trinajstić information content (AvgIpc) is 2.14. The van der Waals surface area contributed by atoms with Crippen molar-refractivity contribution >= 4 is 21.6 Å². The smallest absolute Gasteiger partial charge is 0.242 e. The van der Waals surface area contributed by atoms with Gasteiger partial charge >= 0.3 is 0 Å². The second kappa shape index (κ2) is 5.17. The molecule has 4 nitrogen and oxygen atoms in total. The Morgan fingerprint density at radius 2 is 1.94 bits per heavy atom. The molecule has 1 aromatic carbocycles. The molecule has 0 amide bonds. The SMILES string of the molecule is Cc1ccc(S(=O)(=O)NC(C)(C)C(C)O)c(Cl)c1. The molecule has 0 saturated carbocycles. The van der Waals surface area contributed by atoms with E-state index in [1.54, 1.807) is 26.0 Å². The van der Waals surface area contributed by atoms with Crippen molar-refractivity contribution < 1.29 is 13.5 Å². The van der Waals surface area contributed by atoms with Gasteiger partial charge in [-0.1, -0.05) is 17.7 Å². The largest absolute Gasteiger partial charge is 0.391 e. The van der Waals surface area contributed by atoms with Gasteiger partial charge in [-0.15, -0.1) is 0 Å². The van der Waals surface area contributed by atoms with Crippen molar-refractivity contribution in [2.24, 2.45) is 0 Å². The minimum Gasteiger partial charge on any atom is -0.391 e. The molecule has 0 radical (unpaired) electrons. The van der Waals surface area contributed by atoms with Crippen molar-refractivity contribution in [3.05, 3.63) is 28.8 Å². The fourth-order valence-electron chi connectivity index (χ4n) is 1.31. The minimum absolute atomic E-state index is 0.0171. The molecule has 1 unspecified atom stereocenters. The lowest BCUT2D eigenvalue weighted by Crippen LogP contribution is -2.50. The molecule has 1 atom stereocenters. The van der Waals surface area contributed by atoms with Crippen LogP contribution in [0.1, 0.15) is 26.3 Å². The monoisotopic (exact) mass is 291 g/mol. The second-order valence-corrected chi connectivity index (χ2v) is 7.00. The number of hydrogen-bond donors (Lipinski definition) is 2. The average molecular weight is 292 g/mol. The fraction of sp³-hybridized carbons (Fsp3) is 0.500. The van der Waals surface area contributed by atoms with E-state index in [-0.39, 0.29) is 9.92 Å². The molecule has 0 saturated heterocycles. The maximum absolute atomic E-state index is 12.2. The molecule has 2 N–H and O–H groups in total. The Morgan fingerprint density at radius 3 is 2.39 bits per heavy atom. The molecule has 0 aromatic heterocycles. The molecule has 0 spiro atoms. The molecule has 18 heavy (non-hydrogen) atoms. The van der Waals surface area contributed by atoms with E-state index in [9.17, 15) is 13.5 Å². The van der Waals surface area contributed by atoms with Crippen LogP contribution in [-0.4, -0.2) is 25.2 Å². The number of hydrogen-bond acceptors (Lipinski definition) is 3. The number of aliphatic hydroxyl groups is 1. The van der Waals surface area contributed by atoms with Crippen LogP contribution in [0.5, 0.6) is 0 Å². The molecule has 0 heterocycles. The Labute approximate surface area is 113 Å². The zero-order valence-electron chi connectivity index (χ0n) is 10.9. The lowest BCUT2D eigenvalue weighted by atomic mass is 10.0. The van der Waals surface area contributed by atoms with Crippen LogP contribution in [0.15, 0.2) is 23.1 Å². The zero-order chi connectivity index (χ0) is 14.1. The van der Waals surface area contributed by atoms with Crippen molar-refractivity contribution in [3.8, 4) is 0 Å². The van der Waals surface area contributed by atoms with Gasteiger partial charge in [0.15, 0.2) is 0 Å². The summed E-state index contributed by atoms with van der Waals surface area (Å²) in [5.74, 6) is 0. The Bertz CT molecular complexity index is 538. The minimum atomic E-state index is -3.75. The van der Waals surface area contributed by atoms with Gasteiger partial charge in [0.05, 0.1) is 16.7 Å². The van der Waals surface area contributed by atoms with E-state index < -0.39 is 21.7 Å². The van der Waals surface area contributed by atoms with E-state index in [1.807, 2.05) is 6.92 Å². The molecule has 0 aliphatic heterocycles. The van der Waals surface area contributed by atoms with Crippen molar-refractivity contribution in [1.29, 1.82) is 0 Å². The van der Waals surface area contributed by atoms with Crippen LogP contribution in [0.2, 0.25) is 5.02 Å². The van der Waals surface area contributed by atoms with Gasteiger partial charge in [-0.3, -0.25) is 0 Å². The van der Waals surface area contributed by atoms with Gasteiger partial charge in [0.25, 0.3) is 0 Å². The Morgan fingerprint density at radius 1 is 1.39 bits per heavy atom. The van der Waals surface area contributed by atoms with E-state index in [4.69, 9.17) is 11.6 Å². The van der Waals surface area contributed by atoms with Gasteiger partial charge in [0.2, 0.25) is 10.0 Å². The highest BCUT2D eigenvalue weighted by atomic mass is 35.5. The second-order valence-electron chi connectivity index (χ2n) is 4.94. The zero-order valence-corrected chi connectivity index (χ0v) is 12.4. The molecule has 1 aromatic rings. The first kappa shape index (κ1) is 15.4. The molecule has 0 fully saturated rings. The van der Waals surface area contributed by atoms with Gasteiger partial charge < -0.3 is 5.11 Å². The first-order valence-electron chi connectivity index (χ1n) is 5.54. The first-order valence-corrected chi connectivity index (χ1v) is 7.40. The van der Waals surface area contributed by atoms with Crippen molar-refractivity contribution in [3.63, 3.8) is 0 Å². The fourth-order valence-corrected chi connectivity index (χ4v) is 3.39. The van der Waals surface area contributed by atoms with E-state index >= 15 is 0 Å². The number of aryl methyl sites for hydroxylation is 1. The van der Waals surface area contributed by atoms with E-state index in [1.165, 1.54) is 13.0 Å². The third-order valence-corrected chi connectivity index (χ3v) is 4.97. The summed E-state index contributed by atoms with van der Waals surface area (Å²) in [6, 6.07) is 4.72. The van der Waals surface area contributed by atoms with Crippen LogP contribution in [0, 0.1) is 6.92 Å². The van der Waals surface area contributed by atoms with Crippen LogP contribution < -0.4 is 4.72 Å². The number of halogens is 1. The quantitative estimate of drug-likeness (QED) is 0.893. The number of benzene rings is 1. The summed E-state index contributed by atoms with van der Waals surface area (Å²) < 4.78 is 26.8. The lowest BCUT2D eigenvalue weighted by molar-refractivity contribution is 0.111. The normalized spacial score (nSPS) is 14.6. The maximum atomic E-state index is 12.2. The number of nitrogens with one attached hydrogen (secondary N) is 1. The summed E-state index contributed by atoms with van der Waals surface area (Å²) >= 11 is 5.94. The van der Waals surface area contributed by atoms with Crippen molar-refractivity contribution in [1.82, 2.24) is 4.72 Å². The predicted octanol–water partition coefficient (Wildman–Crippen LogP) is 2.09.